The van der Waals surface area contributed by atoms with Gasteiger partial charge in [-0.25, -0.2) is 0 Å². The van der Waals surface area contributed by atoms with E-state index in [-0.39, 0.29) is 18.9 Å². The molecule has 76 heavy (non-hydrogen) atoms. The number of aliphatic hydroxyl groups is 8. The normalized spacial score (nSPS) is 25.4. The summed E-state index contributed by atoms with van der Waals surface area (Å²) in [5.41, 5.74) is 0. The molecule has 0 aromatic heterocycles. The molecule has 0 radical (unpaired) electrons. The van der Waals surface area contributed by atoms with E-state index < -0.39 is 86.8 Å². The Labute approximate surface area is 459 Å². The predicted molar refractivity (Wildman–Crippen MR) is 304 cm³/mol. The quantitative estimate of drug-likeness (QED) is 0.0204. The number of carbonyl (C=O) groups is 1. The summed E-state index contributed by atoms with van der Waals surface area (Å²) < 4.78 is 22.7. The second kappa shape index (κ2) is 47.3. The Balaban J connectivity index is 1.60. The van der Waals surface area contributed by atoms with E-state index in [0.717, 1.165) is 77.0 Å². The van der Waals surface area contributed by atoms with Gasteiger partial charge in [0.15, 0.2) is 12.6 Å². The van der Waals surface area contributed by atoms with E-state index in [0.29, 0.717) is 6.42 Å². The number of unbranched alkanes of at least 4 members (excludes halogenated alkanes) is 24. The lowest BCUT2D eigenvalue weighted by atomic mass is 9.97. The number of hydrogen-bond donors (Lipinski definition) is 9. The first-order valence-electron chi connectivity index (χ1n) is 30.2. The van der Waals surface area contributed by atoms with Crippen molar-refractivity contribution in [2.75, 3.05) is 19.8 Å². The maximum Gasteiger partial charge on any atom is 0.220 e. The molecule has 12 unspecified atom stereocenters. The van der Waals surface area contributed by atoms with Crippen molar-refractivity contribution in [3.05, 3.63) is 72.9 Å². The van der Waals surface area contributed by atoms with Gasteiger partial charge in [-0.1, -0.05) is 222 Å². The molecule has 0 aliphatic carbocycles. The van der Waals surface area contributed by atoms with E-state index in [2.05, 4.69) is 79.9 Å². The highest BCUT2D eigenvalue weighted by Crippen LogP contribution is 2.30. The predicted octanol–water partition coefficient (Wildman–Crippen LogP) is 10.3. The maximum atomic E-state index is 13.2. The molecule has 2 aliphatic heterocycles. The van der Waals surface area contributed by atoms with Crippen LogP contribution >= 0.6 is 0 Å². The van der Waals surface area contributed by atoms with Gasteiger partial charge in [0, 0.05) is 6.42 Å². The smallest absolute Gasteiger partial charge is 0.220 e. The second-order valence-corrected chi connectivity index (χ2v) is 21.1. The van der Waals surface area contributed by atoms with Gasteiger partial charge < -0.3 is 65.1 Å². The molecule has 2 aliphatic rings. The van der Waals surface area contributed by atoms with E-state index in [1.54, 1.807) is 6.08 Å². The zero-order valence-electron chi connectivity index (χ0n) is 47.2. The molecule has 0 aromatic rings. The fourth-order valence-corrected chi connectivity index (χ4v) is 9.55. The van der Waals surface area contributed by atoms with Crippen molar-refractivity contribution in [2.45, 2.75) is 293 Å². The summed E-state index contributed by atoms with van der Waals surface area (Å²) >= 11 is 0. The molecule has 0 bridgehead atoms. The van der Waals surface area contributed by atoms with E-state index in [1.807, 2.05) is 6.08 Å². The molecule has 2 heterocycles. The van der Waals surface area contributed by atoms with Gasteiger partial charge >= 0.3 is 0 Å². The molecule has 0 spiro atoms. The van der Waals surface area contributed by atoms with Crippen LogP contribution in [0.4, 0.5) is 0 Å². The molecule has 12 atom stereocenters. The lowest BCUT2D eigenvalue weighted by Crippen LogP contribution is -2.65. The topological polar surface area (TPSA) is 228 Å². The average molecular weight is 1080 g/mol. The van der Waals surface area contributed by atoms with Crippen molar-refractivity contribution in [2.24, 2.45) is 0 Å². The summed E-state index contributed by atoms with van der Waals surface area (Å²) in [4.78, 5) is 13.2. The Bertz CT molecular complexity index is 1550. The first-order chi connectivity index (χ1) is 37.1. The van der Waals surface area contributed by atoms with E-state index in [9.17, 15) is 45.6 Å². The third-order valence-electron chi connectivity index (χ3n) is 14.4. The van der Waals surface area contributed by atoms with Crippen molar-refractivity contribution in [3.8, 4) is 0 Å². The van der Waals surface area contributed by atoms with Crippen LogP contribution in [0.25, 0.3) is 0 Å². The van der Waals surface area contributed by atoms with Crippen molar-refractivity contribution in [3.63, 3.8) is 0 Å². The number of carbonyl (C=O) groups excluding carboxylic acids is 1. The van der Waals surface area contributed by atoms with Crippen molar-refractivity contribution in [1.82, 2.24) is 5.32 Å². The van der Waals surface area contributed by atoms with E-state index >= 15 is 0 Å². The van der Waals surface area contributed by atoms with Gasteiger partial charge in [0.1, 0.15) is 48.8 Å². The van der Waals surface area contributed by atoms with Crippen molar-refractivity contribution < 1.29 is 64.6 Å². The van der Waals surface area contributed by atoms with Crippen LogP contribution in [0.2, 0.25) is 0 Å². The Morgan fingerprint density at radius 1 is 0.487 bits per heavy atom. The molecule has 0 aromatic carbocycles. The lowest BCUT2D eigenvalue weighted by Gasteiger charge is -2.46. The molecule has 2 saturated heterocycles. The van der Waals surface area contributed by atoms with Crippen LogP contribution < -0.4 is 5.32 Å². The summed E-state index contributed by atoms with van der Waals surface area (Å²) in [6.07, 6.45) is 45.5. The van der Waals surface area contributed by atoms with Gasteiger partial charge in [-0.15, -0.1) is 0 Å². The van der Waals surface area contributed by atoms with Gasteiger partial charge in [0.05, 0.1) is 32.0 Å². The van der Waals surface area contributed by atoms with Crippen LogP contribution in [0, 0.1) is 0 Å². The molecule has 1 amide bonds. The van der Waals surface area contributed by atoms with E-state index in [4.69, 9.17) is 18.9 Å². The van der Waals surface area contributed by atoms with Crippen LogP contribution in [0.5, 0.6) is 0 Å². The highest BCUT2D eigenvalue weighted by atomic mass is 16.7. The third kappa shape index (κ3) is 32.5. The molecular formula is C62H109NO13. The highest BCUT2D eigenvalue weighted by Gasteiger charge is 2.51. The molecule has 9 N–H and O–H groups in total. The third-order valence-corrected chi connectivity index (χ3v) is 14.4. The van der Waals surface area contributed by atoms with Crippen LogP contribution in [0.3, 0.4) is 0 Å². The first-order valence-corrected chi connectivity index (χ1v) is 30.2. The van der Waals surface area contributed by atoms with Crippen LogP contribution in [-0.2, 0) is 23.7 Å². The Hall–Kier alpha value is -2.57. The molecule has 440 valence electrons. The van der Waals surface area contributed by atoms with Crippen molar-refractivity contribution >= 4 is 5.91 Å². The van der Waals surface area contributed by atoms with Crippen molar-refractivity contribution in [1.29, 1.82) is 0 Å². The van der Waals surface area contributed by atoms with Crippen LogP contribution in [0.1, 0.15) is 219 Å². The Kier molecular flexibility index (Phi) is 43.2. The Morgan fingerprint density at radius 3 is 1.39 bits per heavy atom. The summed E-state index contributed by atoms with van der Waals surface area (Å²) in [6.45, 7) is 2.64. The fourth-order valence-electron chi connectivity index (χ4n) is 9.55. The number of amides is 1. The second-order valence-electron chi connectivity index (χ2n) is 21.1. The molecular weight excluding hydrogens is 967 g/mol. The molecule has 2 fully saturated rings. The maximum absolute atomic E-state index is 13.2. The van der Waals surface area contributed by atoms with Gasteiger partial charge in [-0.05, 0) is 64.2 Å². The standard InChI is InChI=1S/C62H109NO13/c1-3-5-7-9-11-13-14-15-16-17-18-19-20-21-22-23-24-25-26-27-28-29-30-31-32-33-34-35-36-38-40-42-44-46-54(67)63-50(51(66)45-43-41-39-37-12-10-8-6-4-2)49-73-61-59(72)57(70)60(53(48-65)75-61)76-62-58(71)56(69)55(68)52(47-64)74-62/h5,7,11,13,15-16,18-19,21-22,43,45,50-53,55-62,64-66,68-72H,3-4,6,8-10,12,14,17,20,23-42,44,46-49H2,1-2H3,(H,63,67)/b7-5-,13-11-,16-15-,19-18-,22-21-,45-43+. The van der Waals surface area contributed by atoms with E-state index in [1.165, 1.54) is 116 Å². The largest absolute Gasteiger partial charge is 0.394 e. The van der Waals surface area contributed by atoms with Gasteiger partial charge in [0.2, 0.25) is 5.91 Å². The summed E-state index contributed by atoms with van der Waals surface area (Å²) in [5, 5.41) is 86.8. The summed E-state index contributed by atoms with van der Waals surface area (Å²) in [6, 6.07) is -0.914. The zero-order valence-corrected chi connectivity index (χ0v) is 47.2. The zero-order chi connectivity index (χ0) is 55.3. The van der Waals surface area contributed by atoms with Crippen LogP contribution in [0.15, 0.2) is 72.9 Å². The summed E-state index contributed by atoms with van der Waals surface area (Å²) in [5.74, 6) is -0.243. The number of aliphatic hydroxyl groups excluding tert-OH is 8. The minimum atomic E-state index is -1.79. The number of ether oxygens (including phenoxy) is 4. The number of rotatable bonds is 47. The average Bonchev–Trinajstić information content (AvgIpc) is 3.42. The van der Waals surface area contributed by atoms with Gasteiger partial charge in [-0.2, -0.15) is 0 Å². The Morgan fingerprint density at radius 2 is 0.908 bits per heavy atom. The highest BCUT2D eigenvalue weighted by molar-refractivity contribution is 5.76. The molecule has 14 heteroatoms. The first kappa shape index (κ1) is 69.5. The molecule has 0 saturated carbocycles. The minimum Gasteiger partial charge on any atom is -0.394 e. The monoisotopic (exact) mass is 1080 g/mol. The lowest BCUT2D eigenvalue weighted by molar-refractivity contribution is -0.359. The number of nitrogens with one attached hydrogen (secondary N) is 1. The van der Waals surface area contributed by atoms with Gasteiger partial charge in [0.25, 0.3) is 0 Å². The molecule has 14 nitrogen and oxygen atoms in total. The number of hydrogen-bond acceptors (Lipinski definition) is 13. The van der Waals surface area contributed by atoms with Crippen LogP contribution in [-0.4, -0.2) is 140 Å². The minimum absolute atomic E-state index is 0.243. The SMILES string of the molecule is CC/C=C\C/C=C\C/C=C\C/C=C\C/C=C\CCCCCCCCCCCCCCCCCCCC(=O)NC(COC1OC(CO)C(OC2OC(CO)C(O)C(O)C2O)C(O)C1O)C(O)/C=C/CCCCCCCCC. The number of allylic oxidation sites excluding steroid dienone is 11. The molecule has 2 rings (SSSR count). The fraction of sp³-hybridized carbons (Fsp3) is 0.790. The van der Waals surface area contributed by atoms with Gasteiger partial charge in [-0.3, -0.25) is 4.79 Å². The summed E-state index contributed by atoms with van der Waals surface area (Å²) in [7, 11) is 0.